The molecule has 0 aromatic heterocycles. The summed E-state index contributed by atoms with van der Waals surface area (Å²) < 4.78 is 90.5. The van der Waals surface area contributed by atoms with Crippen LogP contribution in [0.5, 0.6) is 0 Å². The third kappa shape index (κ3) is 7.98. The lowest BCUT2D eigenvalue weighted by molar-refractivity contribution is -0.208. The normalized spacial score (nSPS) is 38.1. The van der Waals surface area contributed by atoms with E-state index in [4.69, 9.17) is 14.2 Å². The maximum absolute atomic E-state index is 11.6. The van der Waals surface area contributed by atoms with Gasteiger partial charge in [0.2, 0.25) is 10.4 Å². The van der Waals surface area contributed by atoms with Crippen molar-refractivity contribution in [3.05, 3.63) is 0 Å². The second kappa shape index (κ2) is 12.7. The zero-order valence-electron chi connectivity index (χ0n) is 19.4. The zero-order valence-corrected chi connectivity index (χ0v) is 21.0. The smallest absolute Gasteiger partial charge is 0.333 e. The number of aliphatic hydroxyl groups excluding tert-OH is 3. The van der Waals surface area contributed by atoms with E-state index >= 15 is 0 Å². The molecule has 0 saturated carbocycles. The first-order valence-corrected chi connectivity index (χ1v) is 13.7. The van der Waals surface area contributed by atoms with Crippen molar-refractivity contribution < 1.29 is 69.6 Å². The first-order chi connectivity index (χ1) is 16.6. The van der Waals surface area contributed by atoms with Gasteiger partial charge in [-0.15, -0.1) is 0 Å². The van der Waals surface area contributed by atoms with Gasteiger partial charge in [0.15, 0.2) is 16.4 Å². The van der Waals surface area contributed by atoms with Crippen molar-refractivity contribution in [1.82, 2.24) is 4.72 Å². The topological polar surface area (TPSA) is 261 Å². The number of carboxylic acid groups (broad SMARTS) is 1. The molecule has 0 spiro atoms. The Kier molecular flexibility index (Phi) is 11.0. The van der Waals surface area contributed by atoms with Gasteiger partial charge in [0, 0.05) is 18.4 Å². The molecule has 10 atom stereocenters. The summed E-state index contributed by atoms with van der Waals surface area (Å²) in [5, 5.41) is 38.3. The highest BCUT2D eigenvalue weighted by molar-refractivity contribution is 7.83. The number of rotatable bonds is 12. The number of nitrogens with one attached hydrogen (secondary N) is 1. The standard InChI is InChI=1S/C18H33NO15S2/c1-8-11(12(4-21)32-13(5-22)15(8)19-35(25,26)27)6-31-7-14-16(34-36(28,29)30)9(2)10(3-20)17(33-14)18(23)24/h8-17,19-22H,3-7H2,1-2H3,(H,23,24)(H,25,26,27)(H,28,29,30)/p-2/t8-,9-,10+,11+,12?,13-,14+,15?,16?,17?/m1/s1. The number of hydrogen-bond donors (Lipinski definition) is 5. The summed E-state index contributed by atoms with van der Waals surface area (Å²) in [5.41, 5.74) is 0. The van der Waals surface area contributed by atoms with E-state index in [1.165, 1.54) is 13.8 Å². The first kappa shape index (κ1) is 31.2. The Morgan fingerprint density at radius 1 is 0.889 bits per heavy atom. The van der Waals surface area contributed by atoms with Crippen LogP contribution >= 0.6 is 0 Å². The Hall–Kier alpha value is -1.03. The molecule has 2 aliphatic heterocycles. The molecule has 2 heterocycles. The second-order valence-electron chi connectivity index (χ2n) is 8.84. The summed E-state index contributed by atoms with van der Waals surface area (Å²) in [7, 11) is -10.2. The summed E-state index contributed by atoms with van der Waals surface area (Å²) in [5.74, 6) is -4.94. The number of aliphatic hydroxyl groups is 3. The fourth-order valence-electron chi connectivity index (χ4n) is 4.77. The van der Waals surface area contributed by atoms with Gasteiger partial charge in [0.1, 0.15) is 12.2 Å². The highest BCUT2D eigenvalue weighted by Gasteiger charge is 2.48. The highest BCUT2D eigenvalue weighted by atomic mass is 32.3. The maximum atomic E-state index is 11.6. The van der Waals surface area contributed by atoms with Crippen LogP contribution in [0, 0.1) is 23.7 Å². The fraction of sp³-hybridized carbons (Fsp3) is 0.944. The van der Waals surface area contributed by atoms with Gasteiger partial charge in [-0.2, -0.15) is 0 Å². The second-order valence-corrected chi connectivity index (χ2v) is 11.0. The van der Waals surface area contributed by atoms with E-state index in [0.29, 0.717) is 0 Å². The van der Waals surface area contributed by atoms with Crippen LogP contribution < -0.4 is 4.72 Å². The molecule has 5 N–H and O–H groups in total. The maximum Gasteiger partial charge on any atom is 0.333 e. The fourth-order valence-corrected chi connectivity index (χ4v) is 6.04. The average Bonchev–Trinajstić information content (AvgIpc) is 2.76. The molecule has 4 unspecified atom stereocenters. The van der Waals surface area contributed by atoms with E-state index in [9.17, 15) is 51.2 Å². The molecule has 212 valence electrons. The molecule has 0 aromatic rings. The van der Waals surface area contributed by atoms with Gasteiger partial charge in [-0.1, -0.05) is 13.8 Å². The van der Waals surface area contributed by atoms with Gasteiger partial charge in [0.05, 0.1) is 44.7 Å². The highest BCUT2D eigenvalue weighted by Crippen LogP contribution is 2.35. The lowest BCUT2D eigenvalue weighted by Gasteiger charge is -2.46. The molecule has 0 amide bonds. The van der Waals surface area contributed by atoms with E-state index in [0.717, 1.165) is 0 Å². The van der Waals surface area contributed by atoms with Crippen molar-refractivity contribution in [3.8, 4) is 0 Å². The molecule has 0 aliphatic carbocycles. The molecule has 36 heavy (non-hydrogen) atoms. The van der Waals surface area contributed by atoms with Crippen molar-refractivity contribution in [3.63, 3.8) is 0 Å². The Labute approximate surface area is 208 Å². The number of hydrogen-bond acceptors (Lipinski definition) is 14. The number of carboxylic acids is 1. The van der Waals surface area contributed by atoms with Crippen LogP contribution in [-0.2, 0) is 43.9 Å². The van der Waals surface area contributed by atoms with Crippen LogP contribution in [0.25, 0.3) is 0 Å². The zero-order chi connectivity index (χ0) is 27.4. The lowest BCUT2D eigenvalue weighted by Crippen LogP contribution is -2.60. The van der Waals surface area contributed by atoms with E-state index in [1.54, 1.807) is 0 Å². The third-order valence-corrected chi connectivity index (χ3v) is 7.67. The quantitative estimate of drug-likeness (QED) is 0.113. The van der Waals surface area contributed by atoms with Crippen LogP contribution in [0.15, 0.2) is 0 Å². The SMILES string of the molecule is C[C@H]1C(OS(=O)(=O)[O-])[C@H](COC[C@@H]2C(CO)O[C@H](CO)C(NS(=O)(=O)[O-])[C@@H]2C)OC(C(=O)O)[C@H]1CO. The molecule has 2 saturated heterocycles. The van der Waals surface area contributed by atoms with Crippen molar-refractivity contribution >= 4 is 26.7 Å². The summed E-state index contributed by atoms with van der Waals surface area (Å²) in [6, 6.07) is -1.16. The van der Waals surface area contributed by atoms with Crippen molar-refractivity contribution in [2.75, 3.05) is 33.0 Å². The molecule has 18 heteroatoms. The largest absolute Gasteiger partial charge is 0.735 e. The van der Waals surface area contributed by atoms with Gasteiger partial charge < -0.3 is 43.7 Å². The van der Waals surface area contributed by atoms with Crippen LogP contribution in [0.4, 0.5) is 0 Å². The van der Waals surface area contributed by atoms with Crippen LogP contribution in [0.1, 0.15) is 13.8 Å². The predicted octanol–water partition coefficient (Wildman–Crippen LogP) is -3.63. The van der Waals surface area contributed by atoms with Gasteiger partial charge in [-0.3, -0.25) is 4.18 Å². The van der Waals surface area contributed by atoms with Crippen molar-refractivity contribution in [2.45, 2.75) is 50.4 Å². The average molecular weight is 566 g/mol. The Balaban J connectivity index is 2.20. The molecule has 0 radical (unpaired) electrons. The molecular formula is C18H31NO15S2-2. The molecule has 0 aromatic carbocycles. The van der Waals surface area contributed by atoms with E-state index in [1.807, 2.05) is 4.72 Å². The van der Waals surface area contributed by atoms with Crippen molar-refractivity contribution in [1.29, 1.82) is 0 Å². The monoisotopic (exact) mass is 565 g/mol. The minimum atomic E-state index is -5.25. The Morgan fingerprint density at radius 3 is 1.97 bits per heavy atom. The van der Waals surface area contributed by atoms with Gasteiger partial charge in [0.25, 0.3) is 0 Å². The van der Waals surface area contributed by atoms with E-state index in [-0.39, 0.29) is 6.61 Å². The van der Waals surface area contributed by atoms with Gasteiger partial charge in [-0.25, -0.2) is 26.4 Å². The molecule has 2 aliphatic rings. The van der Waals surface area contributed by atoms with Gasteiger partial charge >= 0.3 is 5.97 Å². The van der Waals surface area contributed by atoms with Crippen LogP contribution in [0.2, 0.25) is 0 Å². The van der Waals surface area contributed by atoms with Crippen LogP contribution in [-0.4, -0.2) is 122 Å². The summed E-state index contributed by atoms with van der Waals surface area (Å²) in [6.45, 7) is 0.260. The Morgan fingerprint density at radius 2 is 1.50 bits per heavy atom. The van der Waals surface area contributed by atoms with E-state index in [2.05, 4.69) is 4.18 Å². The third-order valence-electron chi connectivity index (χ3n) is 6.66. The van der Waals surface area contributed by atoms with Crippen molar-refractivity contribution in [2.24, 2.45) is 23.7 Å². The van der Waals surface area contributed by atoms with E-state index < -0.39 is 113 Å². The lowest BCUT2D eigenvalue weighted by atomic mass is 9.79. The molecule has 2 rings (SSSR count). The molecular weight excluding hydrogens is 534 g/mol. The van der Waals surface area contributed by atoms with Crippen LogP contribution in [0.3, 0.4) is 0 Å². The number of aliphatic carboxylic acids is 1. The van der Waals surface area contributed by atoms with Gasteiger partial charge in [-0.05, 0) is 11.8 Å². The Bertz CT molecular complexity index is 944. The molecule has 2 fully saturated rings. The number of ether oxygens (including phenoxy) is 3. The molecule has 0 bridgehead atoms. The minimum absolute atomic E-state index is 0.270. The summed E-state index contributed by atoms with van der Waals surface area (Å²) >= 11 is 0. The number of carbonyl (C=O) groups is 1. The molecule has 16 nitrogen and oxygen atoms in total. The summed E-state index contributed by atoms with van der Waals surface area (Å²) in [6.07, 6.45) is -6.51. The summed E-state index contributed by atoms with van der Waals surface area (Å²) in [4.78, 5) is 11.6. The minimum Gasteiger partial charge on any atom is -0.735 e. The first-order valence-electron chi connectivity index (χ1n) is 10.9. The predicted molar refractivity (Wildman–Crippen MR) is 114 cm³/mol.